The van der Waals surface area contributed by atoms with Gasteiger partial charge in [0.05, 0.1) is 18.7 Å². The van der Waals surface area contributed by atoms with Gasteiger partial charge >= 0.3 is 0 Å². The van der Waals surface area contributed by atoms with Crippen molar-refractivity contribution in [1.29, 1.82) is 0 Å². The Bertz CT molecular complexity index is 1780. The predicted octanol–water partition coefficient (Wildman–Crippen LogP) is 8.06. The highest BCUT2D eigenvalue weighted by Crippen LogP contribution is 2.46. The molecule has 0 bridgehead atoms. The predicted molar refractivity (Wildman–Crippen MR) is 171 cm³/mol. The first-order chi connectivity index (χ1) is 21.2. The molecule has 0 aliphatic carbocycles. The van der Waals surface area contributed by atoms with E-state index < -0.39 is 31.8 Å². The second-order valence-electron chi connectivity index (χ2n) is 12.1. The van der Waals surface area contributed by atoms with Crippen LogP contribution in [0.1, 0.15) is 43.5 Å². The third kappa shape index (κ3) is 5.85. The average molecular weight is 605 g/mol. The molecule has 5 aromatic rings. The van der Waals surface area contributed by atoms with Gasteiger partial charge in [-0.15, -0.1) is 0 Å². The Labute approximate surface area is 257 Å². The number of hydrogen-bond acceptors (Lipinski definition) is 5. The minimum atomic E-state index is -1.47. The quantitative estimate of drug-likeness (QED) is 0.119. The minimum absolute atomic E-state index is 0.0228. The van der Waals surface area contributed by atoms with Crippen molar-refractivity contribution < 1.29 is 23.5 Å². The second-order valence-corrected chi connectivity index (χ2v) is 17.7. The van der Waals surface area contributed by atoms with E-state index in [1.165, 1.54) is 17.0 Å². The number of carbonyl (C=O) groups excluding carboxylic acids is 2. The number of benzene rings is 4. The molecule has 0 spiro atoms. The summed E-state index contributed by atoms with van der Waals surface area (Å²) in [6.45, 7) is 7.14. The summed E-state index contributed by atoms with van der Waals surface area (Å²) in [6.07, 6.45) is 1.06. The smallest absolute Gasteiger partial charge is 0.265 e. The summed E-state index contributed by atoms with van der Waals surface area (Å²) in [5.74, 6) is -0.818. The summed E-state index contributed by atoms with van der Waals surface area (Å²) in [4.78, 5) is 34.3. The third-order valence-electron chi connectivity index (χ3n) is 7.68. The fourth-order valence-electron chi connectivity index (χ4n) is 5.36. The van der Waals surface area contributed by atoms with Crippen molar-refractivity contribution in [2.75, 3.05) is 6.61 Å². The SMILES string of the molecule is C[Si](C)(C)CCOc1c2c(c(OC(c3ccccc3)c3ccccc3)c3ncccc13)C(=O)N(Cc1ccc(F)cc1)C2=O. The molecule has 0 unspecified atom stereocenters. The van der Waals surface area contributed by atoms with Gasteiger partial charge in [0.15, 0.2) is 5.75 Å². The lowest BCUT2D eigenvalue weighted by Crippen LogP contribution is -2.29. The number of hydrogen-bond donors (Lipinski definition) is 0. The highest BCUT2D eigenvalue weighted by Gasteiger charge is 2.43. The molecule has 0 fully saturated rings. The fourth-order valence-corrected chi connectivity index (χ4v) is 6.08. The second kappa shape index (κ2) is 12.0. The zero-order valence-corrected chi connectivity index (χ0v) is 25.9. The topological polar surface area (TPSA) is 68.7 Å². The van der Waals surface area contributed by atoms with Crippen molar-refractivity contribution in [3.8, 4) is 11.5 Å². The van der Waals surface area contributed by atoms with Crippen LogP contribution in [0.3, 0.4) is 0 Å². The van der Waals surface area contributed by atoms with Gasteiger partial charge in [-0.25, -0.2) is 4.39 Å². The molecule has 0 saturated heterocycles. The Hall–Kier alpha value is -4.82. The summed E-state index contributed by atoms with van der Waals surface area (Å²) in [6, 6.07) is 29.7. The molecule has 0 N–H and O–H groups in total. The first-order valence-corrected chi connectivity index (χ1v) is 18.4. The number of halogens is 1. The van der Waals surface area contributed by atoms with E-state index in [4.69, 9.17) is 9.47 Å². The molecule has 6 rings (SSSR count). The molecule has 1 aliphatic heterocycles. The van der Waals surface area contributed by atoms with E-state index in [0.717, 1.165) is 17.2 Å². The van der Waals surface area contributed by atoms with Gasteiger partial charge in [0, 0.05) is 19.7 Å². The van der Waals surface area contributed by atoms with E-state index in [-0.39, 0.29) is 23.4 Å². The molecule has 0 radical (unpaired) electrons. The first kappa shape index (κ1) is 29.3. The maximum absolute atomic E-state index is 14.3. The number of aromatic nitrogens is 1. The Morgan fingerprint density at radius 2 is 1.36 bits per heavy atom. The van der Waals surface area contributed by atoms with Crippen LogP contribution in [0.2, 0.25) is 25.7 Å². The summed E-state index contributed by atoms with van der Waals surface area (Å²) in [5, 5.41) is 0.599. The van der Waals surface area contributed by atoms with Crippen molar-refractivity contribution >= 4 is 30.8 Å². The van der Waals surface area contributed by atoms with Crippen molar-refractivity contribution in [2.45, 2.75) is 38.3 Å². The van der Waals surface area contributed by atoms with Gasteiger partial charge in [-0.1, -0.05) is 92.4 Å². The number of imide groups is 1. The molecular formula is C36H33FN2O4Si. The summed E-state index contributed by atoms with van der Waals surface area (Å²) in [7, 11) is -1.47. The van der Waals surface area contributed by atoms with Crippen LogP contribution >= 0.6 is 0 Å². The molecular weight excluding hydrogens is 571 g/mol. The lowest BCUT2D eigenvalue weighted by molar-refractivity contribution is 0.0639. The standard InChI is InChI=1S/C36H33FN2O4Si/c1-44(2,3)22-21-42-33-28-15-10-20-38-31(28)34(43-32(25-11-6-4-7-12-25)26-13-8-5-9-14-26)30-29(33)35(40)39(36(30)41)23-24-16-18-27(37)19-17-24/h4-20,32H,21-23H2,1-3H3. The molecule has 222 valence electrons. The number of rotatable bonds is 10. The average Bonchev–Trinajstić information content (AvgIpc) is 3.26. The lowest BCUT2D eigenvalue weighted by Gasteiger charge is -2.23. The molecule has 44 heavy (non-hydrogen) atoms. The van der Waals surface area contributed by atoms with Crippen LogP contribution in [0.5, 0.6) is 11.5 Å². The van der Waals surface area contributed by atoms with Crippen LogP contribution in [-0.2, 0) is 6.54 Å². The van der Waals surface area contributed by atoms with Gasteiger partial charge in [0.2, 0.25) is 0 Å². The molecule has 0 saturated carbocycles. The Morgan fingerprint density at radius 1 is 0.773 bits per heavy atom. The van der Waals surface area contributed by atoms with Crippen molar-refractivity contribution in [2.24, 2.45) is 0 Å². The van der Waals surface area contributed by atoms with Gasteiger partial charge in [-0.05, 0) is 47.0 Å². The number of nitrogens with zero attached hydrogens (tertiary/aromatic N) is 2. The van der Waals surface area contributed by atoms with Crippen molar-refractivity contribution in [1.82, 2.24) is 9.88 Å². The molecule has 4 aromatic carbocycles. The first-order valence-electron chi connectivity index (χ1n) is 14.7. The monoisotopic (exact) mass is 604 g/mol. The van der Waals surface area contributed by atoms with Crippen LogP contribution in [0.4, 0.5) is 4.39 Å². The maximum Gasteiger partial charge on any atom is 0.265 e. The molecule has 2 amide bonds. The van der Waals surface area contributed by atoms with Crippen LogP contribution in [0, 0.1) is 5.82 Å². The number of carbonyl (C=O) groups is 2. The number of ether oxygens (including phenoxy) is 2. The fraction of sp³-hybridized carbons (Fsp3) is 0.194. The number of pyridine rings is 1. The lowest BCUT2D eigenvalue weighted by atomic mass is 9.99. The van der Waals surface area contributed by atoms with Gasteiger partial charge in [0.25, 0.3) is 11.8 Å². The van der Waals surface area contributed by atoms with Gasteiger partial charge in [-0.3, -0.25) is 19.5 Å². The van der Waals surface area contributed by atoms with Gasteiger partial charge in [0.1, 0.15) is 28.8 Å². The van der Waals surface area contributed by atoms with E-state index in [0.29, 0.717) is 28.8 Å². The van der Waals surface area contributed by atoms with Crippen molar-refractivity contribution in [3.05, 3.63) is 137 Å². The Kier molecular flexibility index (Phi) is 8.01. The Morgan fingerprint density at radius 3 is 1.95 bits per heavy atom. The van der Waals surface area contributed by atoms with Crippen LogP contribution < -0.4 is 9.47 Å². The molecule has 0 atom stereocenters. The number of amides is 2. The van der Waals surface area contributed by atoms with E-state index in [2.05, 4.69) is 24.6 Å². The molecule has 8 heteroatoms. The summed E-state index contributed by atoms with van der Waals surface area (Å²) in [5.41, 5.74) is 3.12. The summed E-state index contributed by atoms with van der Waals surface area (Å²) >= 11 is 0. The van der Waals surface area contributed by atoms with E-state index in [9.17, 15) is 14.0 Å². The Balaban J connectivity index is 1.53. The molecule has 1 aromatic heterocycles. The third-order valence-corrected chi connectivity index (χ3v) is 9.39. The zero-order valence-electron chi connectivity index (χ0n) is 24.9. The highest BCUT2D eigenvalue weighted by molar-refractivity contribution is 6.76. The van der Waals surface area contributed by atoms with Gasteiger partial charge < -0.3 is 9.47 Å². The van der Waals surface area contributed by atoms with E-state index >= 15 is 0 Å². The van der Waals surface area contributed by atoms with Gasteiger partial charge in [-0.2, -0.15) is 0 Å². The zero-order chi connectivity index (χ0) is 30.8. The van der Waals surface area contributed by atoms with Crippen LogP contribution in [0.25, 0.3) is 10.9 Å². The maximum atomic E-state index is 14.3. The van der Waals surface area contributed by atoms with E-state index in [1.54, 1.807) is 24.4 Å². The molecule has 2 heterocycles. The molecule has 1 aliphatic rings. The van der Waals surface area contributed by atoms with Crippen LogP contribution in [-0.4, -0.2) is 36.4 Å². The normalized spacial score (nSPS) is 13.1. The highest BCUT2D eigenvalue weighted by atomic mass is 28.3. The summed E-state index contributed by atoms with van der Waals surface area (Å²) < 4.78 is 26.9. The minimum Gasteiger partial charge on any atom is -0.492 e. The van der Waals surface area contributed by atoms with Crippen molar-refractivity contribution in [3.63, 3.8) is 0 Å². The van der Waals surface area contributed by atoms with Crippen LogP contribution in [0.15, 0.2) is 103 Å². The number of fused-ring (bicyclic) bond motifs is 2. The van der Waals surface area contributed by atoms with E-state index in [1.807, 2.05) is 66.7 Å². The largest absolute Gasteiger partial charge is 0.492 e. The molecule has 6 nitrogen and oxygen atoms in total.